The highest BCUT2D eigenvalue weighted by Crippen LogP contribution is 2.19. The monoisotopic (exact) mass is 298 g/mol. The van der Waals surface area contributed by atoms with E-state index in [9.17, 15) is 4.79 Å². The number of cyclic esters (lactones) is 1. The Hall–Kier alpha value is -2.15. The summed E-state index contributed by atoms with van der Waals surface area (Å²) in [5.74, 6) is -0.191. The molecule has 1 aliphatic heterocycles. The van der Waals surface area contributed by atoms with Gasteiger partial charge in [0.05, 0.1) is 0 Å². The Morgan fingerprint density at radius 1 is 1.24 bits per heavy atom. The Kier molecular flexibility index (Phi) is 34.3. The molecule has 0 aromatic rings. The third-order valence-electron chi connectivity index (χ3n) is 2.03. The first-order chi connectivity index (χ1) is 8.60. The summed E-state index contributed by atoms with van der Waals surface area (Å²) in [5.41, 5.74) is 3.34. The van der Waals surface area contributed by atoms with Crippen LogP contribution in [0.15, 0.2) is 42.7 Å². The Morgan fingerprint density at radius 3 is 1.90 bits per heavy atom. The van der Waals surface area contributed by atoms with E-state index in [1.807, 2.05) is 19.9 Å². The van der Waals surface area contributed by atoms with Crippen molar-refractivity contribution in [2.45, 2.75) is 55.1 Å². The highest BCUT2D eigenvalue weighted by Gasteiger charge is 2.21. The molecule has 1 aliphatic rings. The largest absolute Gasteiger partial charge is 0.455 e. The molecule has 1 saturated heterocycles. The normalized spacial score (nSPS) is 16.0. The molecular weight excluding hydrogens is 268 g/mol. The molecule has 122 valence electrons. The zero-order chi connectivity index (χ0) is 14.4. The third-order valence-corrected chi connectivity index (χ3v) is 2.03. The molecular formula is C17H30O4. The van der Waals surface area contributed by atoms with Gasteiger partial charge in [0.1, 0.15) is 6.10 Å². The molecule has 0 amide bonds. The van der Waals surface area contributed by atoms with Crippen molar-refractivity contribution in [3.05, 3.63) is 42.7 Å². The van der Waals surface area contributed by atoms with Crippen molar-refractivity contribution in [2.75, 3.05) is 0 Å². The maximum absolute atomic E-state index is 11.1. The molecule has 4 heteroatoms. The van der Waals surface area contributed by atoms with Crippen molar-refractivity contribution in [3.8, 4) is 0 Å². The summed E-state index contributed by atoms with van der Waals surface area (Å²) in [6, 6.07) is 0. The van der Waals surface area contributed by atoms with E-state index in [0.717, 1.165) is 18.4 Å². The average Bonchev–Trinajstić information content (AvgIpc) is 2.39. The molecule has 1 unspecified atom stereocenters. The van der Waals surface area contributed by atoms with Gasteiger partial charge in [0.15, 0.2) is 0 Å². The first-order valence-electron chi connectivity index (χ1n) is 5.39. The fourth-order valence-electron chi connectivity index (χ4n) is 1.10. The molecule has 0 N–H and O–H groups in total. The van der Waals surface area contributed by atoms with Gasteiger partial charge in [0.25, 0.3) is 0 Å². The lowest BCUT2D eigenvalue weighted by Crippen LogP contribution is -2.23. The fourth-order valence-corrected chi connectivity index (χ4v) is 1.10. The van der Waals surface area contributed by atoms with E-state index >= 15 is 0 Å². The van der Waals surface area contributed by atoms with E-state index in [1.165, 1.54) is 0 Å². The van der Waals surface area contributed by atoms with Crippen LogP contribution in [0.2, 0.25) is 0 Å². The van der Waals surface area contributed by atoms with Gasteiger partial charge in [-0.2, -0.15) is 9.59 Å². The predicted octanol–water partition coefficient (Wildman–Crippen LogP) is 4.50. The van der Waals surface area contributed by atoms with E-state index < -0.39 is 0 Å². The number of rotatable bonds is 1. The van der Waals surface area contributed by atoms with Crippen LogP contribution in [0.25, 0.3) is 0 Å². The van der Waals surface area contributed by atoms with Gasteiger partial charge in [-0.1, -0.05) is 47.6 Å². The number of ether oxygens (including phenoxy) is 1. The third kappa shape index (κ3) is 17.9. The van der Waals surface area contributed by atoms with Crippen LogP contribution < -0.4 is 0 Å². The first-order valence-corrected chi connectivity index (χ1v) is 5.39. The highest BCUT2D eigenvalue weighted by atomic mass is 16.5. The zero-order valence-electron chi connectivity index (χ0n) is 10.8. The van der Waals surface area contributed by atoms with Gasteiger partial charge in [-0.15, -0.1) is 5.73 Å². The molecule has 1 fully saturated rings. The lowest BCUT2D eigenvalue weighted by atomic mass is 10.0. The predicted molar refractivity (Wildman–Crippen MR) is 87.7 cm³/mol. The topological polar surface area (TPSA) is 60.4 Å². The minimum Gasteiger partial charge on any atom is -0.455 e. The fraction of sp³-hybridized carbons (Fsp3) is 0.471. The van der Waals surface area contributed by atoms with Crippen LogP contribution in [-0.2, 0) is 19.1 Å². The van der Waals surface area contributed by atoms with Crippen LogP contribution in [0.4, 0.5) is 0 Å². The van der Waals surface area contributed by atoms with Gasteiger partial charge in [0, 0.05) is 5.57 Å². The smallest absolute Gasteiger partial charge is 0.373 e. The quantitative estimate of drug-likeness (QED) is 0.309. The van der Waals surface area contributed by atoms with E-state index in [1.54, 1.807) is 12.2 Å². The van der Waals surface area contributed by atoms with Crippen molar-refractivity contribution in [3.63, 3.8) is 0 Å². The summed E-state index contributed by atoms with van der Waals surface area (Å²) in [5, 5.41) is 0. The number of hydrogen-bond acceptors (Lipinski definition) is 4. The molecule has 0 spiro atoms. The zero-order valence-corrected chi connectivity index (χ0v) is 10.8. The molecule has 1 atom stereocenters. The van der Waals surface area contributed by atoms with Crippen molar-refractivity contribution < 1.29 is 19.1 Å². The maximum Gasteiger partial charge on any atom is 0.373 e. The van der Waals surface area contributed by atoms with Crippen molar-refractivity contribution in [2.24, 2.45) is 0 Å². The Morgan fingerprint density at radius 2 is 1.67 bits per heavy atom. The molecule has 0 radical (unpaired) electrons. The summed E-state index contributed by atoms with van der Waals surface area (Å²) in [6.45, 7) is 10.6. The Bertz CT molecular complexity index is 368. The van der Waals surface area contributed by atoms with E-state index in [4.69, 9.17) is 14.3 Å². The standard InChI is InChI=1S/C9H12O2.C4H6.CO2.3CH4/c1-3-7-5-6-8(4-2)11-9(7)10;1-3-4-2;2-1-3;;;/h3-4,8H,2,5-6H2,1H3;4H,1H2,2H3;;3*1H4/b7-3+;;;;;. The molecule has 0 aromatic carbocycles. The summed E-state index contributed by atoms with van der Waals surface area (Å²) in [6.07, 6.45) is 7.10. The minimum absolute atomic E-state index is 0. The lowest BCUT2D eigenvalue weighted by Gasteiger charge is -2.20. The molecule has 0 aromatic heterocycles. The summed E-state index contributed by atoms with van der Waals surface area (Å²) in [4.78, 5) is 27.3. The second-order valence-corrected chi connectivity index (χ2v) is 3.11. The summed E-state index contributed by atoms with van der Waals surface area (Å²) in [7, 11) is 0. The molecule has 0 aliphatic carbocycles. The second-order valence-electron chi connectivity index (χ2n) is 3.11. The van der Waals surface area contributed by atoms with Crippen molar-refractivity contribution in [1.82, 2.24) is 0 Å². The van der Waals surface area contributed by atoms with Crippen LogP contribution in [0.5, 0.6) is 0 Å². The first kappa shape index (κ1) is 31.3. The Balaban J connectivity index is -0.0000000740. The van der Waals surface area contributed by atoms with Crippen LogP contribution in [0, 0.1) is 0 Å². The van der Waals surface area contributed by atoms with Gasteiger partial charge in [-0.3, -0.25) is 0 Å². The van der Waals surface area contributed by atoms with E-state index in [-0.39, 0.29) is 40.5 Å². The number of carbonyl (C=O) groups excluding carboxylic acids is 3. The lowest BCUT2D eigenvalue weighted by molar-refractivity contribution is -0.191. The van der Waals surface area contributed by atoms with Gasteiger partial charge in [0.2, 0.25) is 0 Å². The number of carbonyl (C=O) groups is 1. The van der Waals surface area contributed by atoms with Crippen molar-refractivity contribution >= 4 is 12.1 Å². The molecule has 1 heterocycles. The van der Waals surface area contributed by atoms with Gasteiger partial charge in [-0.25, -0.2) is 4.79 Å². The minimum atomic E-state index is -0.191. The van der Waals surface area contributed by atoms with Gasteiger partial charge in [-0.05, 0) is 32.8 Å². The average molecular weight is 298 g/mol. The highest BCUT2D eigenvalue weighted by molar-refractivity contribution is 5.89. The van der Waals surface area contributed by atoms with Crippen LogP contribution in [0.3, 0.4) is 0 Å². The van der Waals surface area contributed by atoms with Crippen LogP contribution in [-0.4, -0.2) is 18.2 Å². The second kappa shape index (κ2) is 23.0. The van der Waals surface area contributed by atoms with E-state index in [2.05, 4.69) is 18.9 Å². The Labute approximate surface area is 129 Å². The molecule has 4 nitrogen and oxygen atoms in total. The van der Waals surface area contributed by atoms with Gasteiger partial charge >= 0.3 is 12.1 Å². The SMILES string of the molecule is C.C.C.C=C=CC.C=CC1CC/C(=C\C)C(=O)O1.O=C=O. The van der Waals surface area contributed by atoms with Crippen LogP contribution in [0.1, 0.15) is 49.0 Å². The maximum atomic E-state index is 11.1. The van der Waals surface area contributed by atoms with Crippen molar-refractivity contribution in [1.29, 1.82) is 0 Å². The molecule has 0 saturated carbocycles. The van der Waals surface area contributed by atoms with E-state index in [0.29, 0.717) is 0 Å². The van der Waals surface area contributed by atoms with Gasteiger partial charge < -0.3 is 4.74 Å². The molecule has 0 bridgehead atoms. The summed E-state index contributed by atoms with van der Waals surface area (Å²) >= 11 is 0. The number of allylic oxidation sites excluding steroid dienone is 2. The summed E-state index contributed by atoms with van der Waals surface area (Å²) < 4.78 is 5.01. The number of hydrogen-bond donors (Lipinski definition) is 0. The molecule has 1 rings (SSSR count). The number of esters is 1. The van der Waals surface area contributed by atoms with Crippen LogP contribution >= 0.6 is 0 Å². The molecule has 21 heavy (non-hydrogen) atoms.